The van der Waals surface area contributed by atoms with Gasteiger partial charge in [0, 0.05) is 13.1 Å². The predicted octanol–water partition coefficient (Wildman–Crippen LogP) is 0.300. The van der Waals surface area contributed by atoms with E-state index in [0.717, 1.165) is 19.3 Å². The molecule has 0 spiro atoms. The van der Waals surface area contributed by atoms with Gasteiger partial charge in [-0.05, 0) is 30.7 Å². The molecule has 1 aromatic rings. The maximum absolute atomic E-state index is 12.0. The molecule has 21 heavy (non-hydrogen) atoms. The first kappa shape index (κ1) is 15.5. The highest BCUT2D eigenvalue weighted by atomic mass is 16.5. The number of carbonyl (C=O) groups is 2. The van der Waals surface area contributed by atoms with E-state index in [9.17, 15) is 9.59 Å². The Balaban J connectivity index is 1.83. The van der Waals surface area contributed by atoms with Crippen molar-refractivity contribution in [3.8, 4) is 0 Å². The van der Waals surface area contributed by atoms with Crippen molar-refractivity contribution in [1.29, 1.82) is 0 Å². The van der Waals surface area contributed by atoms with Crippen LogP contribution >= 0.6 is 0 Å². The second kappa shape index (κ2) is 7.19. The summed E-state index contributed by atoms with van der Waals surface area (Å²) in [6.07, 6.45) is 2.80. The molecule has 1 fully saturated rings. The van der Waals surface area contributed by atoms with Crippen molar-refractivity contribution in [1.82, 2.24) is 10.4 Å². The lowest BCUT2D eigenvalue weighted by atomic mass is 9.90. The molecule has 0 saturated carbocycles. The molecular formula is C15H21N3O3. The van der Waals surface area contributed by atoms with Gasteiger partial charge in [0.1, 0.15) is 0 Å². The Kier molecular flexibility index (Phi) is 5.30. The van der Waals surface area contributed by atoms with Crippen LogP contribution < -0.4 is 11.2 Å². The third-order valence-corrected chi connectivity index (χ3v) is 3.95. The van der Waals surface area contributed by atoms with E-state index < -0.39 is 17.9 Å². The third-order valence-electron chi connectivity index (χ3n) is 3.95. The highest BCUT2D eigenvalue weighted by Crippen LogP contribution is 2.21. The molecule has 1 saturated heterocycles. The molecule has 1 heterocycles. The van der Waals surface area contributed by atoms with E-state index >= 15 is 0 Å². The number of hydroxylamine groups is 1. The van der Waals surface area contributed by atoms with Crippen molar-refractivity contribution in [3.05, 3.63) is 35.9 Å². The monoisotopic (exact) mass is 291 g/mol. The molecule has 4 N–H and O–H groups in total. The number of amides is 2. The number of likely N-dealkylation sites (tertiary alicyclic amines) is 1. The van der Waals surface area contributed by atoms with Crippen molar-refractivity contribution >= 4 is 11.8 Å². The summed E-state index contributed by atoms with van der Waals surface area (Å²) in [6.45, 7) is 1.20. The number of nitrogens with one attached hydrogen (secondary N) is 1. The van der Waals surface area contributed by atoms with Gasteiger partial charge in [0.2, 0.25) is 5.91 Å². The number of rotatable bonds is 4. The summed E-state index contributed by atoms with van der Waals surface area (Å²) in [4.78, 5) is 24.8. The summed E-state index contributed by atoms with van der Waals surface area (Å²) in [5, 5.41) is 8.51. The first-order valence-electron chi connectivity index (χ1n) is 7.14. The van der Waals surface area contributed by atoms with Gasteiger partial charge < -0.3 is 10.6 Å². The van der Waals surface area contributed by atoms with E-state index in [-0.39, 0.29) is 0 Å². The molecule has 6 heteroatoms. The summed E-state index contributed by atoms with van der Waals surface area (Å²) in [5.74, 6) is -0.759. The van der Waals surface area contributed by atoms with Crippen molar-refractivity contribution in [2.24, 2.45) is 11.7 Å². The lowest BCUT2D eigenvalue weighted by molar-refractivity contribution is -0.142. The smallest absolute Gasteiger partial charge is 0.269 e. The Labute approximate surface area is 123 Å². The SMILES string of the molecule is NC(C(=O)NO)C(=O)N1CCC(Cc2ccccc2)CC1. The van der Waals surface area contributed by atoms with E-state index in [1.165, 1.54) is 11.0 Å². The van der Waals surface area contributed by atoms with Crippen LogP contribution in [0.25, 0.3) is 0 Å². The van der Waals surface area contributed by atoms with Gasteiger partial charge in [0.15, 0.2) is 6.04 Å². The molecule has 2 rings (SSSR count). The Morgan fingerprint density at radius 3 is 2.48 bits per heavy atom. The average Bonchev–Trinajstić information content (AvgIpc) is 2.54. The van der Waals surface area contributed by atoms with E-state index in [0.29, 0.717) is 19.0 Å². The lowest BCUT2D eigenvalue weighted by Gasteiger charge is -2.33. The molecule has 0 aliphatic carbocycles. The van der Waals surface area contributed by atoms with Crippen molar-refractivity contribution in [2.75, 3.05) is 13.1 Å². The zero-order chi connectivity index (χ0) is 15.2. The van der Waals surface area contributed by atoms with Gasteiger partial charge in [-0.15, -0.1) is 0 Å². The molecular weight excluding hydrogens is 270 g/mol. The molecule has 6 nitrogen and oxygen atoms in total. The van der Waals surface area contributed by atoms with Crippen LogP contribution in [0.2, 0.25) is 0 Å². The zero-order valence-electron chi connectivity index (χ0n) is 11.9. The summed E-state index contributed by atoms with van der Waals surface area (Å²) in [5.41, 5.74) is 8.22. The van der Waals surface area contributed by atoms with E-state index in [4.69, 9.17) is 10.9 Å². The lowest BCUT2D eigenvalue weighted by Crippen LogP contribution is -2.53. The van der Waals surface area contributed by atoms with Crippen molar-refractivity contribution in [2.45, 2.75) is 25.3 Å². The molecule has 0 bridgehead atoms. The average molecular weight is 291 g/mol. The summed E-state index contributed by atoms with van der Waals surface area (Å²) < 4.78 is 0. The maximum Gasteiger partial charge on any atom is 0.269 e. The van der Waals surface area contributed by atoms with Crippen LogP contribution in [0.4, 0.5) is 0 Å². The minimum Gasteiger partial charge on any atom is -0.341 e. The van der Waals surface area contributed by atoms with Gasteiger partial charge in [-0.1, -0.05) is 30.3 Å². The first-order chi connectivity index (χ1) is 10.1. The molecule has 2 amide bonds. The number of nitrogens with two attached hydrogens (primary N) is 1. The van der Waals surface area contributed by atoms with Gasteiger partial charge >= 0.3 is 0 Å². The van der Waals surface area contributed by atoms with Crippen molar-refractivity contribution < 1.29 is 14.8 Å². The largest absolute Gasteiger partial charge is 0.341 e. The molecule has 1 aliphatic rings. The standard InChI is InChI=1S/C15H21N3O3/c16-13(14(19)17-21)15(20)18-8-6-12(7-9-18)10-11-4-2-1-3-5-11/h1-5,12-13,21H,6-10,16H2,(H,17,19). The number of benzene rings is 1. The van der Waals surface area contributed by atoms with E-state index in [1.807, 2.05) is 18.2 Å². The molecule has 1 atom stereocenters. The fraction of sp³-hybridized carbons (Fsp3) is 0.467. The van der Waals surface area contributed by atoms with E-state index in [2.05, 4.69) is 12.1 Å². The highest BCUT2D eigenvalue weighted by molar-refractivity contribution is 6.03. The number of piperidine rings is 1. The van der Waals surface area contributed by atoms with Gasteiger partial charge in [-0.2, -0.15) is 0 Å². The number of nitrogens with zero attached hydrogens (tertiary/aromatic N) is 1. The fourth-order valence-electron chi connectivity index (χ4n) is 2.68. The summed E-state index contributed by atoms with van der Waals surface area (Å²) in [6, 6.07) is 8.94. The van der Waals surface area contributed by atoms with Gasteiger partial charge in [-0.25, -0.2) is 5.48 Å². The third kappa shape index (κ3) is 4.03. The minimum absolute atomic E-state index is 0.431. The number of hydrogen-bond donors (Lipinski definition) is 3. The van der Waals surface area contributed by atoms with E-state index in [1.54, 1.807) is 4.90 Å². The zero-order valence-corrected chi connectivity index (χ0v) is 11.9. The Morgan fingerprint density at radius 2 is 1.90 bits per heavy atom. The quantitative estimate of drug-likeness (QED) is 0.422. The van der Waals surface area contributed by atoms with Crippen LogP contribution in [0, 0.1) is 5.92 Å². The van der Waals surface area contributed by atoms with Crippen LogP contribution in [-0.2, 0) is 16.0 Å². The molecule has 1 unspecified atom stereocenters. The minimum atomic E-state index is -1.33. The Morgan fingerprint density at radius 1 is 1.29 bits per heavy atom. The highest BCUT2D eigenvalue weighted by Gasteiger charge is 2.30. The molecule has 0 aromatic heterocycles. The Hall–Kier alpha value is -1.92. The van der Waals surface area contributed by atoms with Crippen molar-refractivity contribution in [3.63, 3.8) is 0 Å². The topological polar surface area (TPSA) is 95.7 Å². The second-order valence-electron chi connectivity index (χ2n) is 5.41. The van der Waals surface area contributed by atoms with Crippen LogP contribution in [-0.4, -0.2) is 41.1 Å². The van der Waals surface area contributed by atoms with Crippen LogP contribution in [0.15, 0.2) is 30.3 Å². The van der Waals surface area contributed by atoms with Gasteiger partial charge in [0.05, 0.1) is 0 Å². The van der Waals surface area contributed by atoms with Crippen LogP contribution in [0.5, 0.6) is 0 Å². The molecule has 1 aliphatic heterocycles. The summed E-state index contributed by atoms with van der Waals surface area (Å²) >= 11 is 0. The molecule has 1 aromatic carbocycles. The predicted molar refractivity (Wildman–Crippen MR) is 77.4 cm³/mol. The Bertz CT molecular complexity index is 484. The normalized spacial score (nSPS) is 17.3. The van der Waals surface area contributed by atoms with Gasteiger partial charge in [0.25, 0.3) is 5.91 Å². The number of hydrogen-bond acceptors (Lipinski definition) is 4. The first-order valence-corrected chi connectivity index (χ1v) is 7.14. The molecule has 0 radical (unpaired) electrons. The molecule has 114 valence electrons. The summed E-state index contributed by atoms with van der Waals surface area (Å²) in [7, 11) is 0. The second-order valence-corrected chi connectivity index (χ2v) is 5.41. The van der Waals surface area contributed by atoms with Crippen LogP contribution in [0.3, 0.4) is 0 Å². The fourth-order valence-corrected chi connectivity index (χ4v) is 2.68. The number of carbonyl (C=O) groups excluding carboxylic acids is 2. The van der Waals surface area contributed by atoms with Crippen LogP contribution in [0.1, 0.15) is 18.4 Å². The maximum atomic E-state index is 12.0. The van der Waals surface area contributed by atoms with Gasteiger partial charge in [-0.3, -0.25) is 14.8 Å².